The molecule has 7 nitrogen and oxygen atoms in total. The lowest BCUT2D eigenvalue weighted by molar-refractivity contribution is 0.0600. The van der Waals surface area contributed by atoms with Crippen LogP contribution < -0.4 is 15.5 Å². The predicted molar refractivity (Wildman–Crippen MR) is 99.4 cm³/mol. The number of nitrogens with one attached hydrogen (secondary N) is 2. The molecule has 1 aliphatic rings. The van der Waals surface area contributed by atoms with Gasteiger partial charge in [-0.15, -0.1) is 0 Å². The molecule has 1 fully saturated rings. The van der Waals surface area contributed by atoms with E-state index in [2.05, 4.69) is 25.3 Å². The van der Waals surface area contributed by atoms with Gasteiger partial charge in [0.25, 0.3) is 0 Å². The third kappa shape index (κ3) is 4.50. The zero-order chi connectivity index (χ0) is 18.4. The van der Waals surface area contributed by atoms with Crippen LogP contribution in [0.4, 0.5) is 16.2 Å². The molecule has 1 aromatic heterocycles. The summed E-state index contributed by atoms with van der Waals surface area (Å²) < 4.78 is 4.65. The fourth-order valence-corrected chi connectivity index (χ4v) is 2.98. The molecule has 0 unspecified atom stereocenters. The summed E-state index contributed by atoms with van der Waals surface area (Å²) in [5.74, 6) is -0.402. The normalized spacial score (nSPS) is 14.6. The number of piperidine rings is 1. The molecule has 0 spiro atoms. The van der Waals surface area contributed by atoms with Crippen molar-refractivity contribution in [3.8, 4) is 0 Å². The molecule has 0 saturated carbocycles. The first kappa shape index (κ1) is 17.7. The van der Waals surface area contributed by atoms with Gasteiger partial charge in [0.2, 0.25) is 0 Å². The summed E-state index contributed by atoms with van der Waals surface area (Å²) in [6, 6.07) is 10.5. The van der Waals surface area contributed by atoms with Crippen LogP contribution in [0.2, 0.25) is 0 Å². The lowest BCUT2D eigenvalue weighted by Gasteiger charge is -2.33. The minimum Gasteiger partial charge on any atom is -0.465 e. The smallest absolute Gasteiger partial charge is 0.337 e. The maximum absolute atomic E-state index is 12.2. The van der Waals surface area contributed by atoms with Crippen LogP contribution in [0.15, 0.2) is 48.8 Å². The van der Waals surface area contributed by atoms with Crippen LogP contribution in [0, 0.1) is 0 Å². The summed E-state index contributed by atoms with van der Waals surface area (Å²) >= 11 is 0. The van der Waals surface area contributed by atoms with E-state index in [1.807, 2.05) is 18.3 Å². The first-order valence-electron chi connectivity index (χ1n) is 8.56. The van der Waals surface area contributed by atoms with Crippen LogP contribution in [0.5, 0.6) is 0 Å². The van der Waals surface area contributed by atoms with Gasteiger partial charge in [0.05, 0.1) is 24.6 Å². The maximum atomic E-state index is 12.2. The largest absolute Gasteiger partial charge is 0.465 e. The van der Waals surface area contributed by atoms with E-state index >= 15 is 0 Å². The highest BCUT2D eigenvalue weighted by Gasteiger charge is 2.21. The summed E-state index contributed by atoms with van der Waals surface area (Å²) in [5, 5.41) is 5.79. The number of carbonyl (C=O) groups excluding carboxylic acids is 2. The topological polar surface area (TPSA) is 83.6 Å². The van der Waals surface area contributed by atoms with E-state index in [1.54, 1.807) is 30.5 Å². The third-order valence-corrected chi connectivity index (χ3v) is 4.41. The minimum absolute atomic E-state index is 0.136. The van der Waals surface area contributed by atoms with Gasteiger partial charge in [-0.05, 0) is 49.2 Å². The highest BCUT2D eigenvalue weighted by atomic mass is 16.5. The Morgan fingerprint density at radius 2 is 1.88 bits per heavy atom. The van der Waals surface area contributed by atoms with E-state index < -0.39 is 5.97 Å². The second-order valence-electron chi connectivity index (χ2n) is 6.14. The first-order chi connectivity index (χ1) is 12.7. The average Bonchev–Trinajstić information content (AvgIpc) is 2.69. The van der Waals surface area contributed by atoms with Crippen molar-refractivity contribution in [1.29, 1.82) is 0 Å². The molecule has 1 aliphatic heterocycles. The number of amides is 2. The SMILES string of the molecule is COC(=O)c1ccc(NC(=O)NC2CCN(c3cccnc3)CC2)cc1. The Hall–Kier alpha value is -3.09. The average molecular weight is 354 g/mol. The number of aromatic nitrogens is 1. The molecule has 2 aromatic rings. The molecule has 1 saturated heterocycles. The molecule has 7 heteroatoms. The van der Waals surface area contributed by atoms with Crippen LogP contribution in [-0.2, 0) is 4.74 Å². The summed E-state index contributed by atoms with van der Waals surface area (Å²) in [4.78, 5) is 30.0. The molecule has 0 atom stereocenters. The number of hydrogen-bond donors (Lipinski definition) is 2. The molecule has 2 amide bonds. The Bertz CT molecular complexity index is 741. The van der Waals surface area contributed by atoms with E-state index in [1.165, 1.54) is 7.11 Å². The van der Waals surface area contributed by atoms with E-state index in [0.717, 1.165) is 31.6 Å². The van der Waals surface area contributed by atoms with Gasteiger partial charge in [0, 0.05) is 31.0 Å². The van der Waals surface area contributed by atoms with Crippen LogP contribution >= 0.6 is 0 Å². The number of rotatable bonds is 4. The fraction of sp³-hybridized carbons (Fsp3) is 0.316. The Labute approximate surface area is 152 Å². The van der Waals surface area contributed by atoms with Gasteiger partial charge in [-0.2, -0.15) is 0 Å². The number of pyridine rings is 1. The molecule has 1 aromatic carbocycles. The van der Waals surface area contributed by atoms with Crippen molar-refractivity contribution in [2.24, 2.45) is 0 Å². The van der Waals surface area contributed by atoms with Gasteiger partial charge in [0.15, 0.2) is 0 Å². The highest BCUT2D eigenvalue weighted by Crippen LogP contribution is 2.19. The van der Waals surface area contributed by atoms with E-state index in [9.17, 15) is 9.59 Å². The zero-order valence-corrected chi connectivity index (χ0v) is 14.6. The van der Waals surface area contributed by atoms with E-state index in [-0.39, 0.29) is 12.1 Å². The quantitative estimate of drug-likeness (QED) is 0.825. The maximum Gasteiger partial charge on any atom is 0.337 e. The van der Waals surface area contributed by atoms with Crippen molar-refractivity contribution in [2.75, 3.05) is 30.4 Å². The molecule has 3 rings (SSSR count). The standard InChI is InChI=1S/C19H22N4O3/c1-26-18(24)14-4-6-15(7-5-14)21-19(25)22-16-8-11-23(12-9-16)17-3-2-10-20-13-17/h2-7,10,13,16H,8-9,11-12H2,1H3,(H2,21,22,25). The molecule has 2 heterocycles. The molecule has 2 N–H and O–H groups in total. The number of hydrogen-bond acceptors (Lipinski definition) is 5. The number of nitrogens with zero attached hydrogens (tertiary/aromatic N) is 2. The molecule has 0 bridgehead atoms. The third-order valence-electron chi connectivity index (χ3n) is 4.41. The van der Waals surface area contributed by atoms with Gasteiger partial charge in [-0.3, -0.25) is 4.98 Å². The monoisotopic (exact) mass is 354 g/mol. The molecule has 26 heavy (non-hydrogen) atoms. The number of esters is 1. The van der Waals surface area contributed by atoms with Crippen molar-refractivity contribution >= 4 is 23.4 Å². The number of urea groups is 1. The van der Waals surface area contributed by atoms with Gasteiger partial charge in [-0.25, -0.2) is 9.59 Å². The van der Waals surface area contributed by atoms with Crippen molar-refractivity contribution < 1.29 is 14.3 Å². The van der Waals surface area contributed by atoms with Crippen molar-refractivity contribution in [1.82, 2.24) is 10.3 Å². The molecule has 0 radical (unpaired) electrons. The summed E-state index contributed by atoms with van der Waals surface area (Å²) in [6.45, 7) is 1.76. The predicted octanol–water partition coefficient (Wildman–Crippen LogP) is 2.66. The molecular weight excluding hydrogens is 332 g/mol. The minimum atomic E-state index is -0.402. The Morgan fingerprint density at radius 3 is 2.50 bits per heavy atom. The molecule has 0 aliphatic carbocycles. The van der Waals surface area contributed by atoms with Crippen LogP contribution in [0.1, 0.15) is 23.2 Å². The van der Waals surface area contributed by atoms with Gasteiger partial charge < -0.3 is 20.3 Å². The summed E-state index contributed by atoms with van der Waals surface area (Å²) in [7, 11) is 1.33. The lowest BCUT2D eigenvalue weighted by Crippen LogP contribution is -2.46. The Kier molecular flexibility index (Phi) is 5.68. The number of methoxy groups -OCH3 is 1. The van der Waals surface area contributed by atoms with Crippen LogP contribution in [-0.4, -0.2) is 43.2 Å². The molecule has 136 valence electrons. The summed E-state index contributed by atoms with van der Waals surface area (Å²) in [5.41, 5.74) is 2.19. The zero-order valence-electron chi connectivity index (χ0n) is 14.6. The van der Waals surface area contributed by atoms with E-state index in [0.29, 0.717) is 11.3 Å². The highest BCUT2D eigenvalue weighted by molar-refractivity contribution is 5.92. The van der Waals surface area contributed by atoms with Gasteiger partial charge in [0.1, 0.15) is 0 Å². The van der Waals surface area contributed by atoms with E-state index in [4.69, 9.17) is 0 Å². The fourth-order valence-electron chi connectivity index (χ4n) is 2.98. The molecular formula is C19H22N4O3. The first-order valence-corrected chi connectivity index (χ1v) is 8.56. The van der Waals surface area contributed by atoms with Gasteiger partial charge >= 0.3 is 12.0 Å². The number of benzene rings is 1. The Balaban J connectivity index is 1.46. The number of ether oxygens (including phenoxy) is 1. The summed E-state index contributed by atoms with van der Waals surface area (Å²) in [6.07, 6.45) is 5.38. The van der Waals surface area contributed by atoms with Crippen molar-refractivity contribution in [3.63, 3.8) is 0 Å². The lowest BCUT2D eigenvalue weighted by atomic mass is 10.0. The second kappa shape index (κ2) is 8.33. The van der Waals surface area contributed by atoms with Crippen molar-refractivity contribution in [2.45, 2.75) is 18.9 Å². The van der Waals surface area contributed by atoms with Gasteiger partial charge in [-0.1, -0.05) is 0 Å². The van der Waals surface area contributed by atoms with Crippen LogP contribution in [0.25, 0.3) is 0 Å². The Morgan fingerprint density at radius 1 is 1.15 bits per heavy atom. The second-order valence-corrected chi connectivity index (χ2v) is 6.14. The number of anilines is 2. The van der Waals surface area contributed by atoms with Crippen molar-refractivity contribution in [3.05, 3.63) is 54.4 Å². The van der Waals surface area contributed by atoms with Crippen LogP contribution in [0.3, 0.4) is 0 Å². The number of carbonyl (C=O) groups is 2.